The molecule has 0 bridgehead atoms. The molecule has 1 spiro atoms. The van der Waals surface area contributed by atoms with Crippen LogP contribution in [0.4, 0.5) is 11.5 Å². The molecule has 2 saturated carbocycles. The van der Waals surface area contributed by atoms with Crippen molar-refractivity contribution in [3.8, 4) is 0 Å². The first-order valence-electron chi connectivity index (χ1n) is 10.4. The van der Waals surface area contributed by atoms with Crippen LogP contribution in [0, 0.1) is 24.2 Å². The number of nitrogens with two attached hydrogens (primary N) is 2. The quantitative estimate of drug-likeness (QED) is 0.674. The molecule has 7 nitrogen and oxygen atoms in total. The van der Waals surface area contributed by atoms with Gasteiger partial charge in [0.2, 0.25) is 0 Å². The van der Waals surface area contributed by atoms with E-state index in [1.54, 1.807) is 6.07 Å². The maximum Gasteiger partial charge on any atom is 0.313 e. The highest BCUT2D eigenvalue weighted by atomic mass is 16.2. The summed E-state index contributed by atoms with van der Waals surface area (Å²) in [7, 11) is 0. The summed E-state index contributed by atoms with van der Waals surface area (Å²) in [6.07, 6.45) is 8.10. The van der Waals surface area contributed by atoms with E-state index in [1.807, 2.05) is 11.8 Å². The standard InChI is InChI=1S/C21H31N5O2/c1-12-3-4-17(14-6-21(7-14)8-15(22)9-21)26(11-12)20(28)19(27)25-16-5-13(2)18(23)24-10-16/h5,10,12,14-15,17H,3-4,6-9,11,22H2,1-2H3,(H2,23,24)(H,25,27)/t12-,14?,15?,17?,21?/m1/s1. The zero-order valence-electron chi connectivity index (χ0n) is 16.8. The van der Waals surface area contributed by atoms with Crippen molar-refractivity contribution in [3.05, 3.63) is 17.8 Å². The minimum Gasteiger partial charge on any atom is -0.383 e. The van der Waals surface area contributed by atoms with E-state index in [2.05, 4.69) is 17.2 Å². The fourth-order valence-electron chi connectivity index (χ4n) is 5.58. The van der Waals surface area contributed by atoms with E-state index in [9.17, 15) is 9.59 Å². The van der Waals surface area contributed by atoms with E-state index in [0.29, 0.717) is 41.3 Å². The molecule has 1 aliphatic heterocycles. The average Bonchev–Trinajstić information content (AvgIpc) is 2.59. The molecule has 1 aromatic rings. The lowest BCUT2D eigenvalue weighted by molar-refractivity contribution is -0.152. The Morgan fingerprint density at radius 3 is 2.61 bits per heavy atom. The van der Waals surface area contributed by atoms with Gasteiger partial charge in [0.05, 0.1) is 11.9 Å². The number of carbonyl (C=O) groups is 2. The van der Waals surface area contributed by atoms with Crippen LogP contribution in [-0.4, -0.2) is 40.3 Å². The van der Waals surface area contributed by atoms with Crippen LogP contribution in [0.1, 0.15) is 51.0 Å². The lowest BCUT2D eigenvalue weighted by Crippen LogP contribution is -2.60. The van der Waals surface area contributed by atoms with Gasteiger partial charge < -0.3 is 21.7 Å². The lowest BCUT2D eigenvalue weighted by atomic mass is 9.48. The molecule has 7 heteroatoms. The summed E-state index contributed by atoms with van der Waals surface area (Å²) in [6.45, 7) is 4.62. The molecular formula is C21H31N5O2. The summed E-state index contributed by atoms with van der Waals surface area (Å²) in [5.41, 5.74) is 13.4. The number of likely N-dealkylation sites (tertiary alicyclic amines) is 1. The molecule has 0 radical (unpaired) electrons. The number of carbonyl (C=O) groups excluding carboxylic acids is 2. The molecule has 2 aliphatic carbocycles. The first-order valence-corrected chi connectivity index (χ1v) is 10.4. The van der Waals surface area contributed by atoms with E-state index in [0.717, 1.165) is 44.1 Å². The van der Waals surface area contributed by atoms with Gasteiger partial charge in [-0.05, 0) is 74.3 Å². The van der Waals surface area contributed by atoms with Crippen LogP contribution in [0.3, 0.4) is 0 Å². The molecule has 1 saturated heterocycles. The van der Waals surface area contributed by atoms with Gasteiger partial charge in [-0.2, -0.15) is 0 Å². The first kappa shape index (κ1) is 19.2. The number of piperidine rings is 1. The number of rotatable bonds is 2. The molecule has 4 rings (SSSR count). The summed E-state index contributed by atoms with van der Waals surface area (Å²) in [6, 6.07) is 2.26. The number of nitrogens with one attached hydrogen (secondary N) is 1. The van der Waals surface area contributed by atoms with Crippen molar-refractivity contribution in [1.82, 2.24) is 9.88 Å². The van der Waals surface area contributed by atoms with E-state index >= 15 is 0 Å². The van der Waals surface area contributed by atoms with Crippen LogP contribution in [0.15, 0.2) is 12.3 Å². The first-order chi connectivity index (χ1) is 13.3. The third kappa shape index (κ3) is 3.48. The van der Waals surface area contributed by atoms with E-state index in [1.165, 1.54) is 6.20 Å². The highest BCUT2D eigenvalue weighted by Gasteiger charge is 2.55. The zero-order chi connectivity index (χ0) is 20.1. The Morgan fingerprint density at radius 2 is 1.96 bits per heavy atom. The second-order valence-electron chi connectivity index (χ2n) is 9.42. The average molecular weight is 386 g/mol. The molecule has 2 heterocycles. The van der Waals surface area contributed by atoms with Crippen molar-refractivity contribution in [2.75, 3.05) is 17.6 Å². The monoisotopic (exact) mass is 385 g/mol. The second kappa shape index (κ2) is 7.03. The topological polar surface area (TPSA) is 114 Å². The Bertz CT molecular complexity index is 781. The van der Waals surface area contributed by atoms with Crippen LogP contribution in [0.25, 0.3) is 0 Å². The van der Waals surface area contributed by atoms with Gasteiger partial charge in [-0.3, -0.25) is 9.59 Å². The van der Waals surface area contributed by atoms with E-state index < -0.39 is 11.8 Å². The van der Waals surface area contributed by atoms with Crippen molar-refractivity contribution < 1.29 is 9.59 Å². The largest absolute Gasteiger partial charge is 0.383 e. The molecule has 3 fully saturated rings. The minimum absolute atomic E-state index is 0.170. The maximum absolute atomic E-state index is 13.0. The number of pyridine rings is 1. The predicted octanol–water partition coefficient (Wildman–Crippen LogP) is 2.06. The van der Waals surface area contributed by atoms with Crippen LogP contribution in [0.2, 0.25) is 0 Å². The Kier molecular flexibility index (Phi) is 4.81. The minimum atomic E-state index is -0.593. The van der Waals surface area contributed by atoms with Crippen LogP contribution < -0.4 is 16.8 Å². The maximum atomic E-state index is 13.0. The van der Waals surface area contributed by atoms with Gasteiger partial charge in [0.15, 0.2) is 0 Å². The van der Waals surface area contributed by atoms with Gasteiger partial charge in [0.25, 0.3) is 0 Å². The number of aryl methyl sites for hydroxylation is 1. The zero-order valence-corrected chi connectivity index (χ0v) is 16.8. The molecule has 1 unspecified atom stereocenters. The molecule has 2 atom stereocenters. The van der Waals surface area contributed by atoms with Crippen molar-refractivity contribution >= 4 is 23.3 Å². The Balaban J connectivity index is 1.42. The highest BCUT2D eigenvalue weighted by Crippen LogP contribution is 2.60. The number of aromatic nitrogens is 1. The predicted molar refractivity (Wildman–Crippen MR) is 108 cm³/mol. The van der Waals surface area contributed by atoms with Gasteiger partial charge >= 0.3 is 11.8 Å². The molecule has 152 valence electrons. The molecule has 0 aromatic carbocycles. The fourth-order valence-corrected chi connectivity index (χ4v) is 5.58. The van der Waals surface area contributed by atoms with Gasteiger partial charge in [-0.25, -0.2) is 4.98 Å². The molecular weight excluding hydrogens is 354 g/mol. The van der Waals surface area contributed by atoms with Crippen LogP contribution >= 0.6 is 0 Å². The van der Waals surface area contributed by atoms with Crippen molar-refractivity contribution in [2.45, 2.75) is 64.5 Å². The van der Waals surface area contributed by atoms with Gasteiger partial charge in [-0.15, -0.1) is 0 Å². The molecule has 28 heavy (non-hydrogen) atoms. The molecule has 2 amide bonds. The molecule has 3 aliphatic rings. The van der Waals surface area contributed by atoms with Crippen LogP contribution in [-0.2, 0) is 9.59 Å². The summed E-state index contributed by atoms with van der Waals surface area (Å²) >= 11 is 0. The van der Waals surface area contributed by atoms with Crippen molar-refractivity contribution in [2.24, 2.45) is 23.0 Å². The van der Waals surface area contributed by atoms with Gasteiger partial charge in [0, 0.05) is 18.6 Å². The molecule has 5 N–H and O–H groups in total. The van der Waals surface area contributed by atoms with E-state index in [-0.39, 0.29) is 6.04 Å². The highest BCUT2D eigenvalue weighted by molar-refractivity contribution is 6.39. The summed E-state index contributed by atoms with van der Waals surface area (Å²) in [5, 5.41) is 2.70. The molecule has 1 aromatic heterocycles. The SMILES string of the molecule is Cc1cc(NC(=O)C(=O)N2C[C@H](C)CCC2C2CC3(CC(N)C3)C2)cnc1N. The number of nitrogens with zero attached hydrogens (tertiary/aromatic N) is 2. The normalized spacial score (nSPS) is 34.5. The van der Waals surface area contributed by atoms with E-state index in [4.69, 9.17) is 11.5 Å². The third-order valence-electron chi connectivity index (χ3n) is 7.02. The van der Waals surface area contributed by atoms with Crippen molar-refractivity contribution in [1.29, 1.82) is 0 Å². The number of anilines is 2. The number of nitrogen functional groups attached to an aromatic ring is 1. The summed E-state index contributed by atoms with van der Waals surface area (Å²) in [4.78, 5) is 31.5. The Labute approximate surface area is 166 Å². The third-order valence-corrected chi connectivity index (χ3v) is 7.02. The lowest BCUT2D eigenvalue weighted by Gasteiger charge is -2.60. The summed E-state index contributed by atoms with van der Waals surface area (Å²) in [5.74, 6) is 0.308. The summed E-state index contributed by atoms with van der Waals surface area (Å²) < 4.78 is 0. The Morgan fingerprint density at radius 1 is 1.25 bits per heavy atom. The van der Waals surface area contributed by atoms with Crippen molar-refractivity contribution in [3.63, 3.8) is 0 Å². The number of hydrogen-bond donors (Lipinski definition) is 3. The van der Waals surface area contributed by atoms with Gasteiger partial charge in [0.1, 0.15) is 5.82 Å². The number of hydrogen-bond acceptors (Lipinski definition) is 5. The number of amides is 2. The smallest absolute Gasteiger partial charge is 0.313 e. The van der Waals surface area contributed by atoms with Gasteiger partial charge in [-0.1, -0.05) is 6.92 Å². The Hall–Kier alpha value is -2.15. The fraction of sp³-hybridized carbons (Fsp3) is 0.667. The second-order valence-corrected chi connectivity index (χ2v) is 9.42. The van der Waals surface area contributed by atoms with Crippen LogP contribution in [0.5, 0.6) is 0 Å².